The molecule has 150 valence electrons. The number of hydrogen-bond donors (Lipinski definition) is 1. The quantitative estimate of drug-likeness (QED) is 0.415. The summed E-state index contributed by atoms with van der Waals surface area (Å²) in [4.78, 5) is 25.4. The maximum Gasteiger partial charge on any atom is 0.217 e. The van der Waals surface area contributed by atoms with E-state index in [1.165, 1.54) is 35.6 Å². The number of nitrogens with zero attached hydrogens (tertiary/aromatic N) is 3. The third kappa shape index (κ3) is 5.13. The third-order valence-electron chi connectivity index (χ3n) is 4.65. The lowest BCUT2D eigenvalue weighted by atomic mass is 10.2. The molecular weight excluding hydrogens is 404 g/mol. The van der Waals surface area contributed by atoms with E-state index in [1.807, 2.05) is 30.3 Å². The Hall–Kier alpha value is -2.45. The molecule has 0 unspecified atom stereocenters. The standard InChI is InChI=1S/C21H22N4O2S2/c1-14(26)22-11-17-9-10-19(29-17)18(27)13-28-21-24-23-20(16-7-8-16)25(21)12-15-5-3-2-4-6-15/h2-6,9-10,16H,7-8,11-13H2,1H3,(H,22,26). The van der Waals surface area contributed by atoms with Gasteiger partial charge >= 0.3 is 0 Å². The minimum absolute atomic E-state index is 0.0660. The van der Waals surface area contributed by atoms with Crippen molar-refractivity contribution in [2.45, 2.75) is 43.9 Å². The second-order valence-corrected chi connectivity index (χ2v) is 9.19. The number of thioether (sulfide) groups is 1. The molecule has 2 heterocycles. The zero-order chi connectivity index (χ0) is 20.2. The fourth-order valence-electron chi connectivity index (χ4n) is 3.00. The van der Waals surface area contributed by atoms with E-state index >= 15 is 0 Å². The monoisotopic (exact) mass is 426 g/mol. The Balaban J connectivity index is 1.43. The van der Waals surface area contributed by atoms with E-state index in [9.17, 15) is 9.59 Å². The summed E-state index contributed by atoms with van der Waals surface area (Å²) >= 11 is 2.86. The predicted octanol–water partition coefficient (Wildman–Crippen LogP) is 3.88. The number of Topliss-reactive ketones (excluding diaryl/α,β-unsaturated/α-hetero) is 1. The second-order valence-electron chi connectivity index (χ2n) is 7.07. The predicted molar refractivity (Wildman–Crippen MR) is 114 cm³/mol. The number of rotatable bonds is 9. The van der Waals surface area contributed by atoms with Gasteiger partial charge in [0, 0.05) is 17.7 Å². The molecule has 1 amide bonds. The Kier molecular flexibility index (Phi) is 6.10. The molecule has 4 rings (SSSR count). The van der Waals surface area contributed by atoms with E-state index in [2.05, 4.69) is 32.2 Å². The van der Waals surface area contributed by atoms with Gasteiger partial charge in [-0.2, -0.15) is 0 Å². The first-order chi connectivity index (χ1) is 14.1. The summed E-state index contributed by atoms with van der Waals surface area (Å²) in [5.41, 5.74) is 1.20. The summed E-state index contributed by atoms with van der Waals surface area (Å²) in [5.74, 6) is 1.82. The molecule has 3 aromatic rings. The first-order valence-electron chi connectivity index (χ1n) is 9.56. The Morgan fingerprint density at radius 3 is 2.69 bits per heavy atom. The van der Waals surface area contributed by atoms with Crippen LogP contribution in [0.15, 0.2) is 47.6 Å². The van der Waals surface area contributed by atoms with Crippen molar-refractivity contribution in [2.24, 2.45) is 0 Å². The Morgan fingerprint density at radius 2 is 1.97 bits per heavy atom. The second kappa shape index (κ2) is 8.92. The molecule has 8 heteroatoms. The molecule has 1 aliphatic rings. The van der Waals surface area contributed by atoms with Crippen LogP contribution in [0.5, 0.6) is 0 Å². The first kappa shape index (κ1) is 19.8. The van der Waals surface area contributed by atoms with Crippen LogP contribution in [0.25, 0.3) is 0 Å². The van der Waals surface area contributed by atoms with Crippen LogP contribution in [-0.2, 0) is 17.9 Å². The van der Waals surface area contributed by atoms with Crippen molar-refractivity contribution >= 4 is 34.8 Å². The van der Waals surface area contributed by atoms with Gasteiger partial charge < -0.3 is 9.88 Å². The SMILES string of the molecule is CC(=O)NCc1ccc(C(=O)CSc2nnc(C3CC3)n2Cc2ccccc2)s1. The van der Waals surface area contributed by atoms with Gasteiger partial charge in [0.1, 0.15) is 5.82 Å². The van der Waals surface area contributed by atoms with Crippen LogP contribution in [0.3, 0.4) is 0 Å². The van der Waals surface area contributed by atoms with Crippen LogP contribution in [0.2, 0.25) is 0 Å². The molecule has 1 fully saturated rings. The molecular formula is C21H22N4O2S2. The van der Waals surface area contributed by atoms with Crippen LogP contribution in [0.1, 0.15) is 51.6 Å². The zero-order valence-corrected chi connectivity index (χ0v) is 17.8. The van der Waals surface area contributed by atoms with Gasteiger partial charge in [-0.3, -0.25) is 9.59 Å². The molecule has 1 saturated carbocycles. The van der Waals surface area contributed by atoms with Crippen molar-refractivity contribution in [3.63, 3.8) is 0 Å². The number of amides is 1. The number of carbonyl (C=O) groups is 2. The molecule has 6 nitrogen and oxygen atoms in total. The molecule has 0 aliphatic heterocycles. The summed E-state index contributed by atoms with van der Waals surface area (Å²) in [6.45, 7) is 2.66. The summed E-state index contributed by atoms with van der Waals surface area (Å²) in [6.07, 6.45) is 2.31. The maximum atomic E-state index is 12.6. The number of aromatic nitrogens is 3. The van der Waals surface area contributed by atoms with Gasteiger partial charge in [-0.05, 0) is 30.5 Å². The molecule has 1 aromatic carbocycles. The van der Waals surface area contributed by atoms with Crippen molar-refractivity contribution in [1.82, 2.24) is 20.1 Å². The Labute approximate surface area is 177 Å². The molecule has 0 atom stereocenters. The van der Waals surface area contributed by atoms with Gasteiger partial charge in [-0.15, -0.1) is 21.5 Å². The average Bonchev–Trinajstić information content (AvgIpc) is 3.31. The van der Waals surface area contributed by atoms with Crippen molar-refractivity contribution in [3.05, 3.63) is 63.6 Å². The largest absolute Gasteiger partial charge is 0.351 e. The topological polar surface area (TPSA) is 76.9 Å². The van der Waals surface area contributed by atoms with E-state index in [-0.39, 0.29) is 11.7 Å². The molecule has 0 radical (unpaired) electrons. The Bertz CT molecular complexity index is 1010. The highest BCUT2D eigenvalue weighted by Crippen LogP contribution is 2.40. The summed E-state index contributed by atoms with van der Waals surface area (Å²) in [7, 11) is 0. The first-order valence-corrected chi connectivity index (χ1v) is 11.4. The van der Waals surface area contributed by atoms with E-state index in [4.69, 9.17) is 0 Å². The number of thiophene rings is 1. The van der Waals surface area contributed by atoms with Crippen LogP contribution < -0.4 is 5.32 Å². The molecule has 2 aromatic heterocycles. The number of nitrogens with one attached hydrogen (secondary N) is 1. The minimum atomic E-state index is -0.0777. The highest BCUT2D eigenvalue weighted by Gasteiger charge is 2.30. The van der Waals surface area contributed by atoms with E-state index < -0.39 is 0 Å². The minimum Gasteiger partial charge on any atom is -0.351 e. The van der Waals surface area contributed by atoms with E-state index in [0.29, 0.717) is 23.1 Å². The number of benzene rings is 1. The smallest absolute Gasteiger partial charge is 0.217 e. The number of carbonyl (C=O) groups excluding carboxylic acids is 2. The molecule has 1 N–H and O–H groups in total. The van der Waals surface area contributed by atoms with Gasteiger partial charge in [0.2, 0.25) is 5.91 Å². The molecule has 0 bridgehead atoms. The highest BCUT2D eigenvalue weighted by molar-refractivity contribution is 7.99. The average molecular weight is 427 g/mol. The zero-order valence-electron chi connectivity index (χ0n) is 16.1. The van der Waals surface area contributed by atoms with Crippen molar-refractivity contribution < 1.29 is 9.59 Å². The summed E-state index contributed by atoms with van der Waals surface area (Å²) < 4.78 is 2.15. The van der Waals surface area contributed by atoms with Gasteiger partial charge in [0.15, 0.2) is 10.9 Å². The lowest BCUT2D eigenvalue weighted by Crippen LogP contribution is -2.18. The van der Waals surface area contributed by atoms with Gasteiger partial charge in [0.05, 0.1) is 23.7 Å². The molecule has 0 saturated heterocycles. The van der Waals surface area contributed by atoms with E-state index in [0.717, 1.165) is 35.2 Å². The number of ketones is 1. The molecule has 29 heavy (non-hydrogen) atoms. The lowest BCUT2D eigenvalue weighted by molar-refractivity contribution is -0.119. The third-order valence-corrected chi connectivity index (χ3v) is 6.74. The van der Waals surface area contributed by atoms with E-state index in [1.54, 1.807) is 0 Å². The van der Waals surface area contributed by atoms with Crippen molar-refractivity contribution in [1.29, 1.82) is 0 Å². The highest BCUT2D eigenvalue weighted by atomic mass is 32.2. The normalized spacial score (nSPS) is 13.4. The fourth-order valence-corrected chi connectivity index (χ4v) is 4.81. The van der Waals surface area contributed by atoms with Crippen LogP contribution >= 0.6 is 23.1 Å². The summed E-state index contributed by atoms with van der Waals surface area (Å²) in [5, 5.41) is 12.3. The Morgan fingerprint density at radius 1 is 1.17 bits per heavy atom. The van der Waals surface area contributed by atoms with Gasteiger partial charge in [-0.25, -0.2) is 0 Å². The van der Waals surface area contributed by atoms with Crippen LogP contribution in [0.4, 0.5) is 0 Å². The molecule has 0 spiro atoms. The lowest BCUT2D eigenvalue weighted by Gasteiger charge is -2.09. The maximum absolute atomic E-state index is 12.6. The van der Waals surface area contributed by atoms with Gasteiger partial charge in [0.25, 0.3) is 0 Å². The fraction of sp³-hybridized carbons (Fsp3) is 0.333. The molecule has 1 aliphatic carbocycles. The van der Waals surface area contributed by atoms with Crippen LogP contribution in [0, 0.1) is 0 Å². The van der Waals surface area contributed by atoms with Crippen molar-refractivity contribution in [2.75, 3.05) is 5.75 Å². The van der Waals surface area contributed by atoms with Gasteiger partial charge in [-0.1, -0.05) is 42.1 Å². The number of hydrogen-bond acceptors (Lipinski definition) is 6. The summed E-state index contributed by atoms with van der Waals surface area (Å²) in [6, 6.07) is 14.0. The van der Waals surface area contributed by atoms with Crippen molar-refractivity contribution in [3.8, 4) is 0 Å². The van der Waals surface area contributed by atoms with Crippen LogP contribution in [-0.4, -0.2) is 32.2 Å².